The molecule has 9 nitrogen and oxygen atoms in total. The van der Waals surface area contributed by atoms with Crippen LogP contribution in [0, 0.1) is 16.6 Å². The summed E-state index contributed by atoms with van der Waals surface area (Å²) in [6.45, 7) is 2.57. The van der Waals surface area contributed by atoms with Crippen LogP contribution in [0.1, 0.15) is 22.5 Å². The third-order valence-electron chi connectivity index (χ3n) is 5.36. The number of benzene rings is 1. The fraction of sp³-hybridized carbons (Fsp3) is 0.304. The van der Waals surface area contributed by atoms with Gasteiger partial charge in [-0.2, -0.15) is 0 Å². The van der Waals surface area contributed by atoms with Crippen LogP contribution in [0.2, 0.25) is 0 Å². The number of ether oxygens (including phenoxy) is 2. The summed E-state index contributed by atoms with van der Waals surface area (Å²) in [6, 6.07) is 7.66. The van der Waals surface area contributed by atoms with E-state index in [1.54, 1.807) is 24.3 Å². The monoisotopic (exact) mass is 452 g/mol. The van der Waals surface area contributed by atoms with Crippen LogP contribution in [0.3, 0.4) is 0 Å². The van der Waals surface area contributed by atoms with Gasteiger partial charge in [-0.1, -0.05) is 18.2 Å². The Bertz CT molecular complexity index is 1080. The molecule has 33 heavy (non-hydrogen) atoms. The SMILES string of the molecule is N=CN1CC/C=C\COc2cc(F)c(N3CCOCC3)cc2C(=O)Nc2cccc(n2)C1=N. The van der Waals surface area contributed by atoms with Crippen molar-refractivity contribution in [1.82, 2.24) is 9.88 Å². The van der Waals surface area contributed by atoms with E-state index >= 15 is 0 Å². The number of hydrogen-bond acceptors (Lipinski definition) is 7. The van der Waals surface area contributed by atoms with Crippen molar-refractivity contribution in [1.29, 1.82) is 10.8 Å². The van der Waals surface area contributed by atoms with Crippen LogP contribution < -0.4 is 15.0 Å². The van der Waals surface area contributed by atoms with E-state index in [0.29, 0.717) is 50.7 Å². The van der Waals surface area contributed by atoms with Gasteiger partial charge in [0.2, 0.25) is 0 Å². The number of amidine groups is 1. The zero-order chi connectivity index (χ0) is 23.2. The summed E-state index contributed by atoms with van der Waals surface area (Å²) in [7, 11) is 0. The Labute approximate surface area is 190 Å². The van der Waals surface area contributed by atoms with Crippen molar-refractivity contribution in [3.8, 4) is 5.75 Å². The molecule has 2 aliphatic rings. The maximum atomic E-state index is 14.9. The molecule has 1 fully saturated rings. The lowest BCUT2D eigenvalue weighted by Gasteiger charge is -2.29. The molecule has 1 aromatic carbocycles. The third kappa shape index (κ3) is 5.17. The van der Waals surface area contributed by atoms with Gasteiger partial charge in [-0.25, -0.2) is 9.37 Å². The molecule has 0 unspecified atom stereocenters. The van der Waals surface area contributed by atoms with Gasteiger partial charge in [-0.05, 0) is 24.6 Å². The highest BCUT2D eigenvalue weighted by molar-refractivity contribution is 6.07. The van der Waals surface area contributed by atoms with Gasteiger partial charge in [0.15, 0.2) is 5.84 Å². The summed E-state index contributed by atoms with van der Waals surface area (Å²) in [5.74, 6) is -0.549. The van der Waals surface area contributed by atoms with Crippen molar-refractivity contribution in [3.05, 3.63) is 59.6 Å². The van der Waals surface area contributed by atoms with E-state index in [1.807, 2.05) is 11.0 Å². The highest BCUT2D eigenvalue weighted by Gasteiger charge is 2.22. The molecule has 10 heteroatoms. The summed E-state index contributed by atoms with van der Waals surface area (Å²) in [5.41, 5.74) is 0.818. The minimum absolute atomic E-state index is 0.0534. The molecule has 3 N–H and O–H groups in total. The fourth-order valence-electron chi connectivity index (χ4n) is 3.63. The second-order valence-electron chi connectivity index (χ2n) is 7.50. The van der Waals surface area contributed by atoms with Crippen LogP contribution in [0.15, 0.2) is 42.5 Å². The number of nitrogens with one attached hydrogen (secondary N) is 3. The number of pyridine rings is 1. The zero-order valence-corrected chi connectivity index (χ0v) is 18.0. The first-order valence-electron chi connectivity index (χ1n) is 10.7. The first kappa shape index (κ1) is 22.4. The number of nitrogens with zero attached hydrogens (tertiary/aromatic N) is 3. The van der Waals surface area contributed by atoms with Gasteiger partial charge < -0.3 is 24.6 Å². The van der Waals surface area contributed by atoms with Crippen LogP contribution >= 0.6 is 0 Å². The topological polar surface area (TPSA) is 115 Å². The van der Waals surface area contributed by atoms with Crippen LogP contribution in [0.5, 0.6) is 5.75 Å². The first-order valence-corrected chi connectivity index (χ1v) is 10.7. The van der Waals surface area contributed by atoms with Crippen LogP contribution in [-0.2, 0) is 4.74 Å². The number of morpholine rings is 1. The average molecular weight is 452 g/mol. The minimum Gasteiger partial charge on any atom is -0.489 e. The highest BCUT2D eigenvalue weighted by Crippen LogP contribution is 2.30. The van der Waals surface area contributed by atoms with Gasteiger partial charge >= 0.3 is 0 Å². The van der Waals surface area contributed by atoms with Crippen LogP contribution in [0.25, 0.3) is 0 Å². The summed E-state index contributed by atoms with van der Waals surface area (Å²) in [6.07, 6.45) is 5.25. The predicted octanol–water partition coefficient (Wildman–Crippen LogP) is 2.88. The quantitative estimate of drug-likeness (QED) is 0.367. The maximum Gasteiger partial charge on any atom is 0.260 e. The third-order valence-corrected chi connectivity index (χ3v) is 5.36. The van der Waals surface area contributed by atoms with Crippen LogP contribution in [-0.4, -0.2) is 67.4 Å². The Kier molecular flexibility index (Phi) is 6.94. The molecule has 3 heterocycles. The average Bonchev–Trinajstić information content (AvgIpc) is 2.83. The molecular weight excluding hydrogens is 427 g/mol. The minimum atomic E-state index is -0.501. The number of hydrogen-bond donors (Lipinski definition) is 3. The molecule has 0 aliphatic carbocycles. The molecule has 172 valence electrons. The van der Waals surface area contributed by atoms with Crippen molar-refractivity contribution in [2.45, 2.75) is 6.42 Å². The number of amides is 1. The summed E-state index contributed by atoms with van der Waals surface area (Å²) in [5, 5.41) is 18.7. The number of carbonyl (C=O) groups is 1. The van der Waals surface area contributed by atoms with Gasteiger partial charge in [0, 0.05) is 25.7 Å². The molecule has 2 bridgehead atoms. The molecule has 1 saturated heterocycles. The van der Waals surface area contributed by atoms with Gasteiger partial charge in [0.1, 0.15) is 29.7 Å². The van der Waals surface area contributed by atoms with Crippen molar-refractivity contribution in [2.24, 2.45) is 0 Å². The molecule has 4 rings (SSSR count). The van der Waals surface area contributed by atoms with E-state index in [-0.39, 0.29) is 29.6 Å². The lowest BCUT2D eigenvalue weighted by molar-refractivity contribution is 0.102. The molecule has 1 aromatic heterocycles. The van der Waals surface area contributed by atoms with E-state index in [1.165, 1.54) is 17.0 Å². The van der Waals surface area contributed by atoms with E-state index in [2.05, 4.69) is 10.3 Å². The molecule has 2 aliphatic heterocycles. The van der Waals surface area contributed by atoms with Gasteiger partial charge in [0.25, 0.3) is 5.91 Å². The zero-order valence-electron chi connectivity index (χ0n) is 18.0. The number of halogens is 1. The standard InChI is InChI=1S/C23H25FN6O3/c24-17-14-20-16(13-19(17)29-8-11-32-12-9-29)23(31)28-21-6-4-5-18(27-21)22(26)30(15-25)7-2-1-3-10-33-20/h1,3-6,13-15,25-26H,2,7-12H2,(H,27,28,31)/b3-1-,25-15?,26-22?. The van der Waals surface area contributed by atoms with Crippen molar-refractivity contribution in [2.75, 3.05) is 49.7 Å². The fourth-order valence-corrected chi connectivity index (χ4v) is 3.63. The largest absolute Gasteiger partial charge is 0.489 e. The van der Waals surface area contributed by atoms with E-state index in [4.69, 9.17) is 20.3 Å². The summed E-state index contributed by atoms with van der Waals surface area (Å²) in [4.78, 5) is 20.8. The summed E-state index contributed by atoms with van der Waals surface area (Å²) < 4.78 is 26.0. The number of anilines is 2. The number of carbonyl (C=O) groups excluding carboxylic acids is 1. The van der Waals surface area contributed by atoms with Gasteiger partial charge in [-0.3, -0.25) is 15.6 Å². The normalized spacial score (nSPS) is 18.3. The lowest BCUT2D eigenvalue weighted by atomic mass is 10.1. The Morgan fingerprint density at radius 1 is 1.15 bits per heavy atom. The smallest absolute Gasteiger partial charge is 0.260 e. The van der Waals surface area contributed by atoms with Crippen molar-refractivity contribution >= 4 is 29.6 Å². The second-order valence-corrected chi connectivity index (χ2v) is 7.50. The van der Waals surface area contributed by atoms with Gasteiger partial charge in [-0.15, -0.1) is 0 Å². The Morgan fingerprint density at radius 3 is 2.76 bits per heavy atom. The van der Waals surface area contributed by atoms with Crippen molar-refractivity contribution in [3.63, 3.8) is 0 Å². The number of fused-ring (bicyclic) bond motifs is 3. The number of rotatable bonds is 2. The first-order chi connectivity index (χ1) is 16.1. The second kappa shape index (κ2) is 10.2. The summed E-state index contributed by atoms with van der Waals surface area (Å²) >= 11 is 0. The molecular formula is C23H25FN6O3. The highest BCUT2D eigenvalue weighted by atomic mass is 19.1. The van der Waals surface area contributed by atoms with Crippen molar-refractivity contribution < 1.29 is 18.7 Å². The van der Waals surface area contributed by atoms with E-state index in [9.17, 15) is 9.18 Å². The molecule has 2 aromatic rings. The predicted molar refractivity (Wildman–Crippen MR) is 123 cm³/mol. The Hall–Kier alpha value is -3.79. The van der Waals surface area contributed by atoms with Gasteiger partial charge in [0.05, 0.1) is 30.8 Å². The molecule has 0 saturated carbocycles. The van der Waals surface area contributed by atoms with E-state index < -0.39 is 11.7 Å². The lowest BCUT2D eigenvalue weighted by Crippen LogP contribution is -2.37. The number of aromatic nitrogens is 1. The molecule has 0 spiro atoms. The molecule has 0 atom stereocenters. The van der Waals surface area contributed by atoms with Crippen LogP contribution in [0.4, 0.5) is 15.9 Å². The Morgan fingerprint density at radius 2 is 1.97 bits per heavy atom. The maximum absolute atomic E-state index is 14.9. The molecule has 1 amide bonds. The Balaban J connectivity index is 1.71. The van der Waals surface area contributed by atoms with E-state index in [0.717, 1.165) is 6.34 Å². The molecule has 0 radical (unpaired) electrons.